The lowest BCUT2D eigenvalue weighted by atomic mass is 10.0. The normalized spacial score (nSPS) is 11.6. The van der Waals surface area contributed by atoms with Gasteiger partial charge >= 0.3 is 0 Å². The fourth-order valence-corrected chi connectivity index (χ4v) is 3.35. The summed E-state index contributed by atoms with van der Waals surface area (Å²) >= 11 is 5.92. The fourth-order valence-electron chi connectivity index (χ4n) is 3.22. The number of hydrogen-bond donors (Lipinski definition) is 0. The van der Waals surface area contributed by atoms with Crippen molar-refractivity contribution in [2.24, 2.45) is 4.99 Å². The predicted octanol–water partition coefficient (Wildman–Crippen LogP) is 7.05. The maximum absolute atomic E-state index is 6.02. The predicted molar refractivity (Wildman–Crippen MR) is 116 cm³/mol. The van der Waals surface area contributed by atoms with Crippen LogP contribution < -0.4 is 0 Å². The average molecular weight is 383 g/mol. The van der Waals surface area contributed by atoms with Gasteiger partial charge in [0.2, 0.25) is 5.89 Å². The van der Waals surface area contributed by atoms with Crippen LogP contribution in [0.3, 0.4) is 0 Å². The van der Waals surface area contributed by atoms with E-state index in [2.05, 4.69) is 23.2 Å². The largest absolute Gasteiger partial charge is 0.436 e. The Labute approximate surface area is 166 Å². The first kappa shape index (κ1) is 16.7. The van der Waals surface area contributed by atoms with Crippen LogP contribution in [0.1, 0.15) is 5.56 Å². The zero-order valence-corrected chi connectivity index (χ0v) is 15.6. The van der Waals surface area contributed by atoms with Crippen LogP contribution in [-0.2, 0) is 0 Å². The van der Waals surface area contributed by atoms with Crippen LogP contribution in [-0.4, -0.2) is 11.2 Å². The number of halogens is 1. The lowest BCUT2D eigenvalue weighted by Crippen LogP contribution is -1.80. The SMILES string of the molecule is Clc1ccc(C=Nc2ccc3oc(-c4cccc5ccccc45)nc3c2)cc1. The van der Waals surface area contributed by atoms with Gasteiger partial charge in [0.05, 0.1) is 5.69 Å². The maximum atomic E-state index is 6.02. The van der Waals surface area contributed by atoms with Crippen LogP contribution in [0.25, 0.3) is 33.3 Å². The summed E-state index contributed by atoms with van der Waals surface area (Å²) < 4.78 is 6.02. The van der Waals surface area contributed by atoms with Gasteiger partial charge in [0.15, 0.2) is 5.58 Å². The van der Waals surface area contributed by atoms with Crippen molar-refractivity contribution in [3.8, 4) is 11.5 Å². The topological polar surface area (TPSA) is 38.4 Å². The monoisotopic (exact) mass is 382 g/mol. The molecule has 0 N–H and O–H groups in total. The number of aliphatic imine (C=N–C) groups is 1. The van der Waals surface area contributed by atoms with E-state index >= 15 is 0 Å². The Balaban J connectivity index is 1.52. The first-order valence-corrected chi connectivity index (χ1v) is 9.32. The number of rotatable bonds is 3. The number of hydrogen-bond acceptors (Lipinski definition) is 3. The Hall–Kier alpha value is -3.43. The first-order valence-electron chi connectivity index (χ1n) is 8.95. The van der Waals surface area contributed by atoms with Crippen LogP contribution in [0.4, 0.5) is 5.69 Å². The summed E-state index contributed by atoms with van der Waals surface area (Å²) in [6, 6.07) is 27.7. The minimum Gasteiger partial charge on any atom is -0.436 e. The van der Waals surface area contributed by atoms with Gasteiger partial charge in [-0.05, 0) is 52.7 Å². The van der Waals surface area contributed by atoms with Crippen molar-refractivity contribution >= 4 is 45.4 Å². The highest BCUT2D eigenvalue weighted by molar-refractivity contribution is 6.30. The van der Waals surface area contributed by atoms with Crippen molar-refractivity contribution in [3.63, 3.8) is 0 Å². The summed E-state index contributed by atoms with van der Waals surface area (Å²) in [5.41, 5.74) is 4.32. The molecule has 5 aromatic rings. The standard InChI is InChI=1S/C24H15ClN2O/c25-18-10-8-16(9-11-18)15-26-19-12-13-23-22(14-19)27-24(28-23)21-7-3-5-17-4-1-2-6-20(17)21/h1-15H. The zero-order chi connectivity index (χ0) is 18.9. The number of aromatic nitrogens is 1. The second kappa shape index (κ2) is 6.95. The molecule has 0 bridgehead atoms. The van der Waals surface area contributed by atoms with E-state index in [0.717, 1.165) is 38.7 Å². The van der Waals surface area contributed by atoms with Crippen LogP contribution >= 0.6 is 11.6 Å². The molecule has 0 saturated carbocycles. The summed E-state index contributed by atoms with van der Waals surface area (Å²) in [4.78, 5) is 9.24. The molecule has 4 aromatic carbocycles. The van der Waals surface area contributed by atoms with Crippen LogP contribution in [0.5, 0.6) is 0 Å². The Morgan fingerprint density at radius 3 is 2.57 bits per heavy atom. The molecule has 4 heteroatoms. The van der Waals surface area contributed by atoms with E-state index < -0.39 is 0 Å². The third kappa shape index (κ3) is 3.17. The zero-order valence-electron chi connectivity index (χ0n) is 14.8. The molecule has 0 atom stereocenters. The van der Waals surface area contributed by atoms with E-state index in [1.807, 2.05) is 72.9 Å². The minimum atomic E-state index is 0.616. The Bertz CT molecular complexity index is 1310. The smallest absolute Gasteiger partial charge is 0.227 e. The third-order valence-corrected chi connectivity index (χ3v) is 4.88. The number of benzene rings is 4. The lowest BCUT2D eigenvalue weighted by molar-refractivity contribution is 0.620. The third-order valence-electron chi connectivity index (χ3n) is 4.62. The van der Waals surface area contributed by atoms with Crippen molar-refractivity contribution in [3.05, 3.63) is 95.5 Å². The quantitative estimate of drug-likeness (QED) is 0.313. The van der Waals surface area contributed by atoms with E-state index in [4.69, 9.17) is 21.0 Å². The molecule has 0 aliphatic carbocycles. The van der Waals surface area contributed by atoms with Gasteiger partial charge in [-0.25, -0.2) is 4.98 Å². The first-order chi connectivity index (χ1) is 13.8. The van der Waals surface area contributed by atoms with Gasteiger partial charge in [-0.15, -0.1) is 0 Å². The van der Waals surface area contributed by atoms with Gasteiger partial charge in [-0.1, -0.05) is 60.1 Å². The van der Waals surface area contributed by atoms with Gasteiger partial charge in [-0.2, -0.15) is 0 Å². The van der Waals surface area contributed by atoms with E-state index in [1.165, 1.54) is 0 Å². The molecule has 0 amide bonds. The summed E-state index contributed by atoms with van der Waals surface area (Å²) in [6.07, 6.45) is 1.81. The Morgan fingerprint density at radius 2 is 1.68 bits per heavy atom. The van der Waals surface area contributed by atoms with E-state index in [1.54, 1.807) is 0 Å². The van der Waals surface area contributed by atoms with Gasteiger partial charge in [0.1, 0.15) is 5.52 Å². The highest BCUT2D eigenvalue weighted by atomic mass is 35.5. The molecule has 134 valence electrons. The molecule has 0 unspecified atom stereocenters. The summed E-state index contributed by atoms with van der Waals surface area (Å²) in [6.45, 7) is 0. The molecule has 1 aromatic heterocycles. The summed E-state index contributed by atoms with van der Waals surface area (Å²) in [5.74, 6) is 0.616. The van der Waals surface area contributed by atoms with Gasteiger partial charge < -0.3 is 4.42 Å². The number of fused-ring (bicyclic) bond motifs is 2. The van der Waals surface area contributed by atoms with Crippen molar-refractivity contribution in [1.82, 2.24) is 4.98 Å². The molecule has 0 aliphatic rings. The highest BCUT2D eigenvalue weighted by Crippen LogP contribution is 2.31. The molecular weight excluding hydrogens is 368 g/mol. The molecule has 0 spiro atoms. The number of nitrogens with zero attached hydrogens (tertiary/aromatic N) is 2. The summed E-state index contributed by atoms with van der Waals surface area (Å²) in [5, 5.41) is 3.00. The molecule has 3 nitrogen and oxygen atoms in total. The van der Waals surface area contributed by atoms with E-state index in [9.17, 15) is 0 Å². The van der Waals surface area contributed by atoms with Crippen LogP contribution in [0, 0.1) is 0 Å². The van der Waals surface area contributed by atoms with Crippen LogP contribution in [0.2, 0.25) is 5.02 Å². The molecule has 1 heterocycles. The molecular formula is C24H15ClN2O. The second-order valence-electron chi connectivity index (χ2n) is 6.51. The van der Waals surface area contributed by atoms with Gasteiger partial charge in [0, 0.05) is 16.8 Å². The van der Waals surface area contributed by atoms with Crippen molar-refractivity contribution in [2.45, 2.75) is 0 Å². The fraction of sp³-hybridized carbons (Fsp3) is 0. The number of oxazole rings is 1. The molecule has 0 fully saturated rings. The average Bonchev–Trinajstić information content (AvgIpc) is 3.16. The Kier molecular flexibility index (Phi) is 4.15. The molecule has 0 radical (unpaired) electrons. The minimum absolute atomic E-state index is 0.616. The van der Waals surface area contributed by atoms with Gasteiger partial charge in [0.25, 0.3) is 0 Å². The van der Waals surface area contributed by atoms with Gasteiger partial charge in [-0.3, -0.25) is 4.99 Å². The highest BCUT2D eigenvalue weighted by Gasteiger charge is 2.11. The summed E-state index contributed by atoms with van der Waals surface area (Å²) in [7, 11) is 0. The second-order valence-corrected chi connectivity index (χ2v) is 6.94. The molecule has 0 saturated heterocycles. The van der Waals surface area contributed by atoms with Crippen molar-refractivity contribution in [1.29, 1.82) is 0 Å². The maximum Gasteiger partial charge on any atom is 0.227 e. The van der Waals surface area contributed by atoms with Crippen LogP contribution in [0.15, 0.2) is 94.3 Å². The lowest BCUT2D eigenvalue weighted by Gasteiger charge is -2.01. The van der Waals surface area contributed by atoms with E-state index in [-0.39, 0.29) is 0 Å². The van der Waals surface area contributed by atoms with Crippen molar-refractivity contribution < 1.29 is 4.42 Å². The van der Waals surface area contributed by atoms with Crippen molar-refractivity contribution in [2.75, 3.05) is 0 Å². The van der Waals surface area contributed by atoms with E-state index in [0.29, 0.717) is 10.9 Å². The molecule has 0 aliphatic heterocycles. The molecule has 28 heavy (non-hydrogen) atoms. The molecule has 5 rings (SSSR count). The Morgan fingerprint density at radius 1 is 0.857 bits per heavy atom.